The maximum atomic E-state index is 5.21. The first-order chi connectivity index (χ1) is 7.65. The molecule has 0 aromatic carbocycles. The van der Waals surface area contributed by atoms with Crippen LogP contribution in [-0.2, 0) is 0 Å². The Kier molecular flexibility index (Phi) is 5.51. The van der Waals surface area contributed by atoms with E-state index < -0.39 is 0 Å². The number of rotatable bonds is 6. The van der Waals surface area contributed by atoms with Crippen molar-refractivity contribution in [3.8, 4) is 12.3 Å². The molecule has 0 amide bonds. The van der Waals surface area contributed by atoms with Gasteiger partial charge in [0.05, 0.1) is 10.7 Å². The van der Waals surface area contributed by atoms with Crippen molar-refractivity contribution in [1.82, 2.24) is 10.3 Å². The van der Waals surface area contributed by atoms with Gasteiger partial charge in [-0.25, -0.2) is 4.98 Å². The molecule has 1 N–H and O–H groups in total. The second kappa shape index (κ2) is 6.67. The topological polar surface area (TPSA) is 24.9 Å². The molecular weight excluding hydrogens is 216 g/mol. The Bertz CT molecular complexity index is 362. The highest BCUT2D eigenvalue weighted by Crippen LogP contribution is 2.24. The molecule has 0 fully saturated rings. The summed E-state index contributed by atoms with van der Waals surface area (Å²) in [6, 6.07) is 0.400. The van der Waals surface area contributed by atoms with Crippen LogP contribution >= 0.6 is 11.3 Å². The largest absolute Gasteiger partial charge is 0.309 e. The van der Waals surface area contributed by atoms with Crippen LogP contribution < -0.4 is 5.32 Å². The molecule has 1 aromatic heterocycles. The first kappa shape index (κ1) is 13.2. The van der Waals surface area contributed by atoms with Gasteiger partial charge in [0.15, 0.2) is 0 Å². The van der Waals surface area contributed by atoms with E-state index in [1.54, 1.807) is 11.3 Å². The van der Waals surface area contributed by atoms with Crippen LogP contribution in [0.15, 0.2) is 0 Å². The van der Waals surface area contributed by atoms with E-state index in [0.717, 1.165) is 36.5 Å². The third-order valence-corrected chi connectivity index (χ3v) is 3.79. The van der Waals surface area contributed by atoms with Crippen LogP contribution in [-0.4, -0.2) is 11.5 Å². The minimum absolute atomic E-state index is 0.400. The SMILES string of the molecule is C#CCCCCNC(C)c1sc(C)nc1C. The molecule has 0 aliphatic carbocycles. The van der Waals surface area contributed by atoms with Crippen molar-refractivity contribution >= 4 is 11.3 Å². The Labute approximate surface area is 102 Å². The lowest BCUT2D eigenvalue weighted by molar-refractivity contribution is 0.553. The zero-order valence-electron chi connectivity index (χ0n) is 10.3. The van der Waals surface area contributed by atoms with Gasteiger partial charge in [0.1, 0.15) is 0 Å². The Morgan fingerprint density at radius 2 is 2.19 bits per heavy atom. The first-order valence-electron chi connectivity index (χ1n) is 5.76. The predicted molar refractivity (Wildman–Crippen MR) is 70.7 cm³/mol. The normalized spacial score (nSPS) is 12.4. The van der Waals surface area contributed by atoms with Crippen molar-refractivity contribution in [3.63, 3.8) is 0 Å². The molecule has 0 bridgehead atoms. The molecule has 2 nitrogen and oxygen atoms in total. The lowest BCUT2D eigenvalue weighted by Crippen LogP contribution is -2.19. The number of nitrogens with one attached hydrogen (secondary N) is 1. The summed E-state index contributed by atoms with van der Waals surface area (Å²) in [6.45, 7) is 7.36. The van der Waals surface area contributed by atoms with Crippen LogP contribution in [0, 0.1) is 26.2 Å². The molecule has 1 heterocycles. The van der Waals surface area contributed by atoms with Crippen molar-refractivity contribution in [2.24, 2.45) is 0 Å². The molecule has 16 heavy (non-hydrogen) atoms. The summed E-state index contributed by atoms with van der Waals surface area (Å²) in [7, 11) is 0. The Morgan fingerprint density at radius 3 is 2.75 bits per heavy atom. The van der Waals surface area contributed by atoms with Crippen LogP contribution in [0.1, 0.15) is 47.8 Å². The summed E-state index contributed by atoms with van der Waals surface area (Å²) in [6.07, 6.45) is 8.34. The van der Waals surface area contributed by atoms with Crippen molar-refractivity contribution in [2.45, 2.75) is 46.1 Å². The van der Waals surface area contributed by atoms with Gasteiger partial charge >= 0.3 is 0 Å². The van der Waals surface area contributed by atoms with Gasteiger partial charge in [-0.15, -0.1) is 23.7 Å². The summed E-state index contributed by atoms with van der Waals surface area (Å²) in [4.78, 5) is 5.80. The minimum Gasteiger partial charge on any atom is -0.309 e. The van der Waals surface area contributed by atoms with Gasteiger partial charge in [-0.05, 0) is 40.2 Å². The summed E-state index contributed by atoms with van der Waals surface area (Å²) in [5.41, 5.74) is 1.16. The lowest BCUT2D eigenvalue weighted by atomic mass is 10.2. The summed E-state index contributed by atoms with van der Waals surface area (Å²) < 4.78 is 0. The van der Waals surface area contributed by atoms with E-state index in [1.165, 1.54) is 4.88 Å². The molecule has 1 rings (SSSR count). The second-order valence-electron chi connectivity index (χ2n) is 4.02. The molecule has 0 spiro atoms. The molecule has 0 saturated carbocycles. The highest BCUT2D eigenvalue weighted by molar-refractivity contribution is 7.11. The highest BCUT2D eigenvalue weighted by atomic mass is 32.1. The van der Waals surface area contributed by atoms with Crippen molar-refractivity contribution in [1.29, 1.82) is 0 Å². The Balaban J connectivity index is 2.33. The Hall–Kier alpha value is -0.850. The van der Waals surface area contributed by atoms with E-state index in [2.05, 4.69) is 37.0 Å². The van der Waals surface area contributed by atoms with Gasteiger partial charge < -0.3 is 5.32 Å². The van der Waals surface area contributed by atoms with Gasteiger partial charge in [-0.3, -0.25) is 0 Å². The summed E-state index contributed by atoms with van der Waals surface area (Å²) in [5.74, 6) is 2.66. The second-order valence-corrected chi connectivity index (χ2v) is 5.25. The monoisotopic (exact) mass is 236 g/mol. The smallest absolute Gasteiger partial charge is 0.0900 e. The van der Waals surface area contributed by atoms with Crippen molar-refractivity contribution < 1.29 is 0 Å². The highest BCUT2D eigenvalue weighted by Gasteiger charge is 2.11. The maximum absolute atomic E-state index is 5.21. The number of hydrogen-bond acceptors (Lipinski definition) is 3. The molecule has 1 unspecified atom stereocenters. The van der Waals surface area contributed by atoms with Gasteiger partial charge in [-0.1, -0.05) is 0 Å². The Morgan fingerprint density at radius 1 is 1.44 bits per heavy atom. The predicted octanol–water partition coefficient (Wildman–Crippen LogP) is 3.21. The van der Waals surface area contributed by atoms with E-state index in [-0.39, 0.29) is 0 Å². The fourth-order valence-electron chi connectivity index (χ4n) is 1.71. The van der Waals surface area contributed by atoms with Gasteiger partial charge in [0.2, 0.25) is 0 Å². The third kappa shape index (κ3) is 3.96. The first-order valence-corrected chi connectivity index (χ1v) is 6.57. The number of aromatic nitrogens is 1. The summed E-state index contributed by atoms with van der Waals surface area (Å²) in [5, 5.41) is 4.66. The molecule has 3 heteroatoms. The quantitative estimate of drug-likeness (QED) is 0.606. The number of terminal acetylenes is 1. The molecule has 1 aromatic rings. The van der Waals surface area contributed by atoms with Crippen LogP contribution in [0.25, 0.3) is 0 Å². The van der Waals surface area contributed by atoms with Crippen LogP contribution in [0.3, 0.4) is 0 Å². The van der Waals surface area contributed by atoms with Gasteiger partial charge in [-0.2, -0.15) is 0 Å². The van der Waals surface area contributed by atoms with Crippen molar-refractivity contribution in [3.05, 3.63) is 15.6 Å². The molecular formula is C13H20N2S. The van der Waals surface area contributed by atoms with Crippen LogP contribution in [0.5, 0.6) is 0 Å². The third-order valence-electron chi connectivity index (χ3n) is 2.53. The molecule has 1 atom stereocenters. The average molecular weight is 236 g/mol. The number of hydrogen-bond donors (Lipinski definition) is 1. The van der Waals surface area contributed by atoms with E-state index in [9.17, 15) is 0 Å². The average Bonchev–Trinajstić information content (AvgIpc) is 2.57. The maximum Gasteiger partial charge on any atom is 0.0900 e. The van der Waals surface area contributed by atoms with Crippen LogP contribution in [0.2, 0.25) is 0 Å². The van der Waals surface area contributed by atoms with Gasteiger partial charge in [0.25, 0.3) is 0 Å². The van der Waals surface area contributed by atoms with E-state index >= 15 is 0 Å². The molecule has 0 radical (unpaired) electrons. The minimum atomic E-state index is 0.400. The number of thiazole rings is 1. The van der Waals surface area contributed by atoms with Gasteiger partial charge in [0, 0.05) is 17.3 Å². The van der Waals surface area contributed by atoms with Crippen LogP contribution in [0.4, 0.5) is 0 Å². The fraction of sp³-hybridized carbons (Fsp3) is 0.615. The number of unbranched alkanes of at least 4 members (excludes halogenated alkanes) is 2. The zero-order valence-corrected chi connectivity index (χ0v) is 11.2. The molecule has 0 aliphatic heterocycles. The van der Waals surface area contributed by atoms with E-state index in [0.29, 0.717) is 6.04 Å². The molecule has 0 aliphatic rings. The standard InChI is InChI=1S/C13H20N2S/c1-5-6-7-8-9-14-10(2)13-11(3)15-12(4)16-13/h1,10,14H,6-9H2,2-4H3. The summed E-state index contributed by atoms with van der Waals surface area (Å²) >= 11 is 1.78. The van der Waals surface area contributed by atoms with Crippen molar-refractivity contribution in [2.75, 3.05) is 6.54 Å². The van der Waals surface area contributed by atoms with E-state index in [4.69, 9.17) is 6.42 Å². The number of aryl methyl sites for hydroxylation is 2. The fourth-order valence-corrected chi connectivity index (χ4v) is 2.67. The number of nitrogens with zero attached hydrogens (tertiary/aromatic N) is 1. The zero-order chi connectivity index (χ0) is 12.0. The molecule has 88 valence electrons. The lowest BCUT2D eigenvalue weighted by Gasteiger charge is -2.12. The van der Waals surface area contributed by atoms with E-state index in [1.807, 2.05) is 0 Å². The molecule has 0 saturated heterocycles.